The van der Waals surface area contributed by atoms with Gasteiger partial charge in [0, 0.05) is 10.4 Å². The molecule has 0 aliphatic carbocycles. The van der Waals surface area contributed by atoms with Crippen molar-refractivity contribution in [2.24, 2.45) is 5.41 Å². The molecule has 94 valence electrons. The highest BCUT2D eigenvalue weighted by Gasteiger charge is 2.37. The van der Waals surface area contributed by atoms with Crippen molar-refractivity contribution in [1.29, 1.82) is 0 Å². The fourth-order valence-electron chi connectivity index (χ4n) is 1.88. The third-order valence-corrected chi connectivity index (χ3v) is 3.07. The van der Waals surface area contributed by atoms with Crippen LogP contribution in [0.3, 0.4) is 0 Å². The van der Waals surface area contributed by atoms with Crippen LogP contribution in [0, 0.1) is 5.41 Å². The molecule has 1 heterocycles. The standard InChI is InChI=1S/C12H14ClNO2.ClH/c1-12(2)7-16-11(15)14-10(12)8-3-5-9(13)6-4-8;/h3-6,10H,7H2,1-2H3,(H,14,15);1H/t10-;/m0./s1. The van der Waals surface area contributed by atoms with Gasteiger partial charge in [0.1, 0.15) is 6.61 Å². The molecule has 1 aliphatic heterocycles. The number of nitrogens with one attached hydrogen (secondary N) is 1. The Labute approximate surface area is 112 Å². The Bertz CT molecular complexity index is 403. The Morgan fingerprint density at radius 1 is 1.35 bits per heavy atom. The molecule has 1 saturated heterocycles. The van der Waals surface area contributed by atoms with E-state index in [-0.39, 0.29) is 30.0 Å². The molecule has 1 amide bonds. The number of alkyl carbamates (subject to hydrolysis) is 1. The average molecular weight is 276 g/mol. The van der Waals surface area contributed by atoms with E-state index in [0.717, 1.165) is 5.56 Å². The topological polar surface area (TPSA) is 38.3 Å². The molecule has 1 aromatic rings. The second-order valence-electron chi connectivity index (χ2n) is 4.69. The molecule has 1 aliphatic rings. The van der Waals surface area contributed by atoms with E-state index in [1.165, 1.54) is 0 Å². The molecule has 0 unspecified atom stereocenters. The lowest BCUT2D eigenvalue weighted by atomic mass is 9.80. The maximum atomic E-state index is 11.2. The lowest BCUT2D eigenvalue weighted by molar-refractivity contribution is 0.0387. The van der Waals surface area contributed by atoms with E-state index in [1.54, 1.807) is 0 Å². The number of hydrogen-bond acceptors (Lipinski definition) is 2. The minimum atomic E-state index is -0.362. The molecule has 1 aromatic carbocycles. The van der Waals surface area contributed by atoms with Crippen LogP contribution in [0.4, 0.5) is 4.79 Å². The average Bonchev–Trinajstić information content (AvgIpc) is 2.23. The van der Waals surface area contributed by atoms with E-state index < -0.39 is 0 Å². The number of cyclic esters (lactones) is 1. The maximum Gasteiger partial charge on any atom is 0.407 e. The molecule has 2 rings (SSSR count). The molecule has 1 atom stereocenters. The Balaban J connectivity index is 0.00000144. The number of hydrogen-bond donors (Lipinski definition) is 1. The van der Waals surface area contributed by atoms with Crippen molar-refractivity contribution in [3.8, 4) is 0 Å². The van der Waals surface area contributed by atoms with Gasteiger partial charge in [0.2, 0.25) is 0 Å². The van der Waals surface area contributed by atoms with Crippen molar-refractivity contribution < 1.29 is 9.53 Å². The zero-order valence-electron chi connectivity index (χ0n) is 9.70. The second kappa shape index (κ2) is 5.15. The van der Waals surface area contributed by atoms with Gasteiger partial charge in [-0.1, -0.05) is 37.6 Å². The summed E-state index contributed by atoms with van der Waals surface area (Å²) >= 11 is 5.84. The van der Waals surface area contributed by atoms with Crippen LogP contribution in [-0.4, -0.2) is 12.7 Å². The first kappa shape index (κ1) is 14.1. The first-order valence-corrected chi connectivity index (χ1v) is 5.55. The van der Waals surface area contributed by atoms with E-state index in [1.807, 2.05) is 24.3 Å². The number of halogens is 2. The molecule has 0 bridgehead atoms. The number of carbonyl (C=O) groups is 1. The van der Waals surface area contributed by atoms with Crippen molar-refractivity contribution >= 4 is 30.1 Å². The largest absolute Gasteiger partial charge is 0.449 e. The van der Waals surface area contributed by atoms with Gasteiger partial charge in [0.25, 0.3) is 0 Å². The monoisotopic (exact) mass is 275 g/mol. The van der Waals surface area contributed by atoms with Crippen molar-refractivity contribution in [3.05, 3.63) is 34.9 Å². The predicted octanol–water partition coefficient (Wildman–Crippen LogP) is 3.57. The smallest absolute Gasteiger partial charge is 0.407 e. The molecule has 1 fully saturated rings. The van der Waals surface area contributed by atoms with Crippen molar-refractivity contribution in [2.45, 2.75) is 19.9 Å². The summed E-state index contributed by atoms with van der Waals surface area (Å²) in [7, 11) is 0. The van der Waals surface area contributed by atoms with Gasteiger partial charge in [0.15, 0.2) is 0 Å². The first-order chi connectivity index (χ1) is 7.49. The van der Waals surface area contributed by atoms with Crippen molar-refractivity contribution in [2.75, 3.05) is 6.61 Å². The summed E-state index contributed by atoms with van der Waals surface area (Å²) in [5, 5.41) is 3.53. The van der Waals surface area contributed by atoms with Crippen molar-refractivity contribution in [1.82, 2.24) is 5.32 Å². The molecule has 0 radical (unpaired) electrons. The summed E-state index contributed by atoms with van der Waals surface area (Å²) in [6.07, 6.45) is -0.362. The Morgan fingerprint density at radius 2 is 1.94 bits per heavy atom. The molecule has 3 nitrogen and oxygen atoms in total. The molecular formula is C12H15Cl2NO2. The Morgan fingerprint density at radius 3 is 2.53 bits per heavy atom. The van der Waals surface area contributed by atoms with Crippen LogP contribution in [0.15, 0.2) is 24.3 Å². The molecular weight excluding hydrogens is 261 g/mol. The number of rotatable bonds is 1. The third kappa shape index (κ3) is 3.05. The Hall–Kier alpha value is -0.930. The maximum absolute atomic E-state index is 11.2. The molecule has 0 aromatic heterocycles. The predicted molar refractivity (Wildman–Crippen MR) is 69.7 cm³/mol. The summed E-state index contributed by atoms with van der Waals surface area (Å²) in [6.45, 7) is 4.55. The summed E-state index contributed by atoms with van der Waals surface area (Å²) in [4.78, 5) is 11.2. The molecule has 0 saturated carbocycles. The summed E-state index contributed by atoms with van der Waals surface area (Å²) < 4.78 is 4.99. The number of carbonyl (C=O) groups excluding carboxylic acids is 1. The van der Waals surface area contributed by atoms with E-state index in [0.29, 0.717) is 11.6 Å². The number of amides is 1. The van der Waals surface area contributed by atoms with Gasteiger partial charge in [0.05, 0.1) is 6.04 Å². The third-order valence-electron chi connectivity index (χ3n) is 2.82. The highest BCUT2D eigenvalue weighted by molar-refractivity contribution is 6.30. The molecule has 5 heteroatoms. The SMILES string of the molecule is CC1(C)COC(=O)N[C@H]1c1ccc(Cl)cc1.Cl. The lowest BCUT2D eigenvalue weighted by Gasteiger charge is -2.38. The quantitative estimate of drug-likeness (QED) is 0.851. The summed E-state index contributed by atoms with van der Waals surface area (Å²) in [5.74, 6) is 0. The van der Waals surface area contributed by atoms with Gasteiger partial charge in [-0.15, -0.1) is 12.4 Å². The zero-order valence-corrected chi connectivity index (χ0v) is 11.3. The Kier molecular flexibility index (Phi) is 4.28. The van der Waals surface area contributed by atoms with Crippen LogP contribution in [0.5, 0.6) is 0 Å². The van der Waals surface area contributed by atoms with Gasteiger partial charge >= 0.3 is 6.09 Å². The van der Waals surface area contributed by atoms with Gasteiger partial charge in [-0.3, -0.25) is 0 Å². The van der Waals surface area contributed by atoms with E-state index >= 15 is 0 Å². The second-order valence-corrected chi connectivity index (χ2v) is 5.13. The number of benzene rings is 1. The van der Waals surface area contributed by atoms with E-state index in [4.69, 9.17) is 16.3 Å². The van der Waals surface area contributed by atoms with Crippen LogP contribution in [-0.2, 0) is 4.74 Å². The van der Waals surface area contributed by atoms with Gasteiger partial charge in [-0.25, -0.2) is 4.79 Å². The fraction of sp³-hybridized carbons (Fsp3) is 0.417. The van der Waals surface area contributed by atoms with E-state index in [9.17, 15) is 4.79 Å². The van der Waals surface area contributed by atoms with Gasteiger partial charge < -0.3 is 10.1 Å². The first-order valence-electron chi connectivity index (χ1n) is 5.18. The van der Waals surface area contributed by atoms with E-state index in [2.05, 4.69) is 19.2 Å². The van der Waals surface area contributed by atoms with Crippen LogP contribution >= 0.6 is 24.0 Å². The molecule has 1 N–H and O–H groups in total. The van der Waals surface area contributed by atoms with Crippen LogP contribution in [0.2, 0.25) is 5.02 Å². The highest BCUT2D eigenvalue weighted by Crippen LogP contribution is 2.36. The minimum Gasteiger partial charge on any atom is -0.449 e. The molecule has 0 spiro atoms. The van der Waals surface area contributed by atoms with Gasteiger partial charge in [-0.2, -0.15) is 0 Å². The highest BCUT2D eigenvalue weighted by atomic mass is 35.5. The van der Waals surface area contributed by atoms with Crippen LogP contribution < -0.4 is 5.32 Å². The van der Waals surface area contributed by atoms with Gasteiger partial charge in [-0.05, 0) is 17.7 Å². The minimum absolute atomic E-state index is 0. The zero-order chi connectivity index (χ0) is 11.8. The normalized spacial score (nSPS) is 22.1. The fourth-order valence-corrected chi connectivity index (χ4v) is 2.01. The molecule has 17 heavy (non-hydrogen) atoms. The summed E-state index contributed by atoms with van der Waals surface area (Å²) in [6, 6.07) is 7.48. The number of ether oxygens (including phenoxy) is 1. The lowest BCUT2D eigenvalue weighted by Crippen LogP contribution is -2.46. The van der Waals surface area contributed by atoms with Crippen molar-refractivity contribution in [3.63, 3.8) is 0 Å². The van der Waals surface area contributed by atoms with Crippen LogP contribution in [0.25, 0.3) is 0 Å². The van der Waals surface area contributed by atoms with Crippen LogP contribution in [0.1, 0.15) is 25.5 Å². The summed E-state index contributed by atoms with van der Waals surface area (Å²) in [5.41, 5.74) is 0.924.